The van der Waals surface area contributed by atoms with Gasteiger partial charge in [-0.3, -0.25) is 9.18 Å². The van der Waals surface area contributed by atoms with Gasteiger partial charge in [-0.1, -0.05) is 42.5 Å². The average molecular weight is 639 g/mol. The number of ether oxygens (including phenoxy) is 1. The summed E-state index contributed by atoms with van der Waals surface area (Å²) in [7, 11) is 1.19. The van der Waals surface area contributed by atoms with Gasteiger partial charge in [0, 0.05) is 24.8 Å². The number of ketones is 1. The second kappa shape index (κ2) is 15.1. The number of allylic oxidation sites excluding steroid dienone is 1. The van der Waals surface area contributed by atoms with E-state index < -0.39 is 65.9 Å². The van der Waals surface area contributed by atoms with Gasteiger partial charge in [0.05, 0.1) is 31.9 Å². The highest BCUT2D eigenvalue weighted by Crippen LogP contribution is 2.40. The maximum Gasteiger partial charge on any atom is 0.319 e. The zero-order valence-electron chi connectivity index (χ0n) is 24.6. The number of methoxy groups -OCH3 is 1. The van der Waals surface area contributed by atoms with Gasteiger partial charge < -0.3 is 15.0 Å². The molecule has 0 bridgehead atoms. The van der Waals surface area contributed by atoms with Gasteiger partial charge in [0.1, 0.15) is 5.82 Å². The number of amides is 2. The lowest BCUT2D eigenvalue weighted by atomic mass is 9.77. The van der Waals surface area contributed by atoms with E-state index in [1.807, 2.05) is 0 Å². The number of rotatable bonds is 10. The Morgan fingerprint density at radius 3 is 2.36 bits per heavy atom. The molecule has 0 saturated carbocycles. The van der Waals surface area contributed by atoms with Crippen LogP contribution in [0.3, 0.4) is 0 Å². The van der Waals surface area contributed by atoms with E-state index in [2.05, 4.69) is 11.9 Å². The van der Waals surface area contributed by atoms with Crippen LogP contribution in [0, 0.1) is 11.6 Å². The summed E-state index contributed by atoms with van der Waals surface area (Å²) in [5.41, 5.74) is -2.16. The molecule has 1 N–H and O–H groups in total. The lowest BCUT2D eigenvalue weighted by molar-refractivity contribution is -0.122. The number of likely N-dealkylation sites (tertiary alicyclic amines) is 1. The molecule has 4 rings (SSSR count). The number of urea groups is 1. The second-order valence-corrected chi connectivity index (χ2v) is 10.4. The van der Waals surface area contributed by atoms with Gasteiger partial charge in [0.2, 0.25) is 0 Å². The molecule has 0 aliphatic carbocycles. The Labute approximate surface area is 256 Å². The molecule has 0 aromatic heterocycles. The van der Waals surface area contributed by atoms with Crippen molar-refractivity contribution >= 4 is 11.8 Å². The smallest absolute Gasteiger partial charge is 0.319 e. The number of carbonyl (C=O) groups is 2. The first-order valence-corrected chi connectivity index (χ1v) is 13.9. The summed E-state index contributed by atoms with van der Waals surface area (Å²) in [5, 5.41) is 2.67. The monoisotopic (exact) mass is 638 g/mol. The van der Waals surface area contributed by atoms with Crippen molar-refractivity contribution in [2.24, 2.45) is 0 Å². The lowest BCUT2D eigenvalue weighted by Gasteiger charge is -2.39. The predicted molar refractivity (Wildman–Crippen MR) is 155 cm³/mol. The number of nitrogens with one attached hydrogen (secondary N) is 1. The van der Waals surface area contributed by atoms with E-state index in [4.69, 9.17) is 4.74 Å². The minimum atomic E-state index is -3.39. The molecule has 5 nitrogen and oxygen atoms in total. The molecule has 0 radical (unpaired) electrons. The fourth-order valence-corrected chi connectivity index (χ4v) is 5.22. The first kappa shape index (κ1) is 35.1. The van der Waals surface area contributed by atoms with Gasteiger partial charge in [-0.05, 0) is 53.9 Å². The summed E-state index contributed by atoms with van der Waals surface area (Å²) in [6.45, 7) is 3.57. The van der Waals surface area contributed by atoms with E-state index in [0.717, 1.165) is 18.2 Å². The Balaban J connectivity index is 0.00000177. The summed E-state index contributed by atoms with van der Waals surface area (Å²) < 4.78 is 102. The van der Waals surface area contributed by atoms with E-state index in [9.17, 15) is 40.3 Å². The van der Waals surface area contributed by atoms with Crippen LogP contribution in [0.5, 0.6) is 5.75 Å². The molecule has 2 amide bonds. The van der Waals surface area contributed by atoms with Crippen molar-refractivity contribution in [3.05, 3.63) is 113 Å². The zero-order valence-corrected chi connectivity index (χ0v) is 24.6. The Morgan fingerprint density at radius 2 is 1.76 bits per heavy atom. The number of Topliss-reactive ketones (excluding diaryl/α,β-unsaturated/α-hetero) is 1. The number of alkyl halides is 5. The van der Waals surface area contributed by atoms with Crippen LogP contribution >= 0.6 is 0 Å². The highest BCUT2D eigenvalue weighted by Gasteiger charge is 2.51. The Hall–Kier alpha value is -4.35. The van der Waals surface area contributed by atoms with Gasteiger partial charge in [0.25, 0.3) is 12.3 Å². The molecule has 1 aliphatic rings. The van der Waals surface area contributed by atoms with Crippen LogP contribution in [0.2, 0.25) is 0 Å². The molecule has 0 spiro atoms. The molecule has 242 valence electrons. The average Bonchev–Trinajstić information content (AvgIpc) is 3.33. The molecule has 3 aromatic rings. The van der Waals surface area contributed by atoms with E-state index in [-0.39, 0.29) is 36.4 Å². The van der Waals surface area contributed by atoms with E-state index in [1.54, 1.807) is 30.3 Å². The molecular weight excluding hydrogens is 605 g/mol. The second-order valence-electron chi connectivity index (χ2n) is 10.4. The summed E-state index contributed by atoms with van der Waals surface area (Å²) in [4.78, 5) is 27.3. The van der Waals surface area contributed by atoms with Crippen molar-refractivity contribution in [1.29, 1.82) is 0 Å². The first-order chi connectivity index (χ1) is 21.3. The van der Waals surface area contributed by atoms with Crippen LogP contribution in [0.1, 0.15) is 48.4 Å². The number of carbonyl (C=O) groups excluding carboxylic acids is 2. The standard InChI is InChI=1S/C31H28F6N2O3.C2H5F/c1-3-7-26(40)25-17-30(36,37)18-39(25)29(41)38-31(16-19-8-5-4-6-9-19,21-10-11-24(33)27(15-21)42-2)22-12-20(28(34)35)13-23(32)14-22;1-2-3/h3-6,8-15,25,28H,1,7,16-18H2,2H3,(H,38,41);2H2,1H3/t25-,31+;/m0./s1. The third-order valence-corrected chi connectivity index (χ3v) is 7.19. The third-order valence-electron chi connectivity index (χ3n) is 7.19. The predicted octanol–water partition coefficient (Wildman–Crippen LogP) is 7.94. The van der Waals surface area contributed by atoms with Crippen molar-refractivity contribution in [3.8, 4) is 5.75 Å². The highest BCUT2D eigenvalue weighted by molar-refractivity contribution is 5.90. The normalized spacial score (nSPS) is 16.8. The molecule has 45 heavy (non-hydrogen) atoms. The van der Waals surface area contributed by atoms with Crippen molar-refractivity contribution < 1.29 is 45.1 Å². The molecule has 3 aromatic carbocycles. The Kier molecular flexibility index (Phi) is 11.8. The van der Waals surface area contributed by atoms with Crippen LogP contribution in [0.25, 0.3) is 0 Å². The fourth-order valence-electron chi connectivity index (χ4n) is 5.22. The number of hydrogen-bond acceptors (Lipinski definition) is 3. The molecule has 0 unspecified atom stereocenters. The molecule has 1 fully saturated rings. The number of nitrogens with zero attached hydrogens (tertiary/aromatic N) is 1. The van der Waals surface area contributed by atoms with E-state index in [1.165, 1.54) is 32.2 Å². The van der Waals surface area contributed by atoms with Gasteiger partial charge in [-0.25, -0.2) is 31.1 Å². The SMILES string of the molecule is C=CCC(=O)[C@@H]1CC(F)(F)CN1C(=O)N[C@@](Cc1ccccc1)(c1cc(F)cc(C(F)F)c1)c1ccc(F)c(OC)c1.CCF. The minimum Gasteiger partial charge on any atom is -0.494 e. The molecule has 1 saturated heterocycles. The van der Waals surface area contributed by atoms with Crippen LogP contribution in [0.15, 0.2) is 79.4 Å². The largest absolute Gasteiger partial charge is 0.494 e. The summed E-state index contributed by atoms with van der Waals surface area (Å²) in [6.07, 6.45) is -3.24. The number of benzene rings is 3. The van der Waals surface area contributed by atoms with Gasteiger partial charge in [-0.15, -0.1) is 6.58 Å². The lowest BCUT2D eigenvalue weighted by Crippen LogP contribution is -2.55. The fraction of sp³-hybridized carbons (Fsp3) is 0.333. The van der Waals surface area contributed by atoms with Crippen molar-refractivity contribution in [2.75, 3.05) is 20.3 Å². The van der Waals surface area contributed by atoms with Crippen molar-refractivity contribution in [2.45, 2.75) is 50.1 Å². The minimum absolute atomic E-state index is 0.0868. The number of hydrogen-bond donors (Lipinski definition) is 1. The quantitative estimate of drug-likeness (QED) is 0.181. The van der Waals surface area contributed by atoms with E-state index in [0.29, 0.717) is 16.5 Å². The van der Waals surface area contributed by atoms with Gasteiger partial charge in [0.15, 0.2) is 17.3 Å². The molecule has 1 aliphatic heterocycles. The van der Waals surface area contributed by atoms with Gasteiger partial charge in [-0.2, -0.15) is 0 Å². The van der Waals surface area contributed by atoms with Crippen molar-refractivity contribution in [3.63, 3.8) is 0 Å². The van der Waals surface area contributed by atoms with Gasteiger partial charge >= 0.3 is 6.03 Å². The van der Waals surface area contributed by atoms with Crippen LogP contribution in [-0.4, -0.2) is 49.0 Å². The molecular formula is C33H33F7N2O3. The van der Waals surface area contributed by atoms with Crippen LogP contribution < -0.4 is 10.1 Å². The third kappa shape index (κ3) is 8.43. The summed E-state index contributed by atoms with van der Waals surface area (Å²) in [5.74, 6) is -6.14. The summed E-state index contributed by atoms with van der Waals surface area (Å²) >= 11 is 0. The van der Waals surface area contributed by atoms with E-state index >= 15 is 0 Å². The first-order valence-electron chi connectivity index (χ1n) is 13.9. The Morgan fingerprint density at radius 1 is 1.09 bits per heavy atom. The van der Waals surface area contributed by atoms with Crippen LogP contribution in [-0.2, 0) is 16.8 Å². The molecule has 1 heterocycles. The zero-order chi connectivity index (χ0) is 33.4. The van der Waals surface area contributed by atoms with Crippen LogP contribution in [0.4, 0.5) is 35.5 Å². The Bertz CT molecular complexity index is 1490. The maximum atomic E-state index is 14.9. The molecule has 2 atom stereocenters. The molecule has 12 heteroatoms. The summed E-state index contributed by atoms with van der Waals surface area (Å²) in [6, 6.07) is 11.8. The topological polar surface area (TPSA) is 58.6 Å². The van der Waals surface area contributed by atoms with Crippen molar-refractivity contribution in [1.82, 2.24) is 10.2 Å². The maximum absolute atomic E-state index is 14.9. The number of halogens is 7. The highest BCUT2D eigenvalue weighted by atomic mass is 19.3.